The summed E-state index contributed by atoms with van der Waals surface area (Å²) >= 11 is 1.30. The zero-order chi connectivity index (χ0) is 21.3. The van der Waals surface area contributed by atoms with Crippen molar-refractivity contribution < 1.29 is 9.53 Å². The number of nitrogens with zero attached hydrogens (tertiary/aromatic N) is 3. The zero-order valence-electron chi connectivity index (χ0n) is 17.4. The molecule has 156 valence electrons. The molecule has 2 aromatic carbocycles. The lowest BCUT2D eigenvalue weighted by Crippen LogP contribution is -2.48. The highest BCUT2D eigenvalue weighted by molar-refractivity contribution is 7.99. The van der Waals surface area contributed by atoms with Crippen LogP contribution in [0.3, 0.4) is 0 Å². The number of aromatic nitrogens is 2. The molecule has 4 rings (SSSR count). The molecule has 0 saturated carbocycles. The molecule has 30 heavy (non-hydrogen) atoms. The first kappa shape index (κ1) is 20.6. The van der Waals surface area contributed by atoms with Gasteiger partial charge in [0, 0.05) is 13.1 Å². The first-order valence-corrected chi connectivity index (χ1v) is 11.1. The van der Waals surface area contributed by atoms with E-state index in [1.807, 2.05) is 68.1 Å². The van der Waals surface area contributed by atoms with Crippen LogP contribution >= 0.6 is 11.8 Å². The molecule has 2 atom stereocenters. The SMILES string of the molecule is Cc1ccccc1-n1c(SCC(=O)N2C[C@@H](C)O[C@@H](C)C2)nc2ccccc2c1=O. The molecule has 0 aliphatic carbocycles. The molecule has 6 nitrogen and oxygen atoms in total. The Hall–Kier alpha value is -2.64. The van der Waals surface area contributed by atoms with Gasteiger partial charge in [0.25, 0.3) is 5.56 Å². The Labute approximate surface area is 179 Å². The van der Waals surface area contributed by atoms with E-state index in [0.29, 0.717) is 29.1 Å². The average molecular weight is 424 g/mol. The van der Waals surface area contributed by atoms with Gasteiger partial charge in [0.1, 0.15) is 0 Å². The van der Waals surface area contributed by atoms with Gasteiger partial charge < -0.3 is 9.64 Å². The van der Waals surface area contributed by atoms with Crippen molar-refractivity contribution in [2.45, 2.75) is 38.1 Å². The maximum absolute atomic E-state index is 13.3. The number of hydrogen-bond donors (Lipinski definition) is 0. The van der Waals surface area contributed by atoms with E-state index < -0.39 is 0 Å². The lowest BCUT2D eigenvalue weighted by Gasteiger charge is -2.35. The number of para-hydroxylation sites is 2. The maximum atomic E-state index is 13.3. The highest BCUT2D eigenvalue weighted by atomic mass is 32.2. The standard InChI is InChI=1S/C23H25N3O3S/c1-15-8-4-7-11-20(15)26-22(28)18-9-5-6-10-19(18)24-23(26)30-14-21(27)25-12-16(2)29-17(3)13-25/h4-11,16-17H,12-14H2,1-3H3/t16-,17+. The molecular formula is C23H25N3O3S. The summed E-state index contributed by atoms with van der Waals surface area (Å²) in [4.78, 5) is 32.8. The van der Waals surface area contributed by atoms with Gasteiger partial charge in [-0.05, 0) is 44.5 Å². The van der Waals surface area contributed by atoms with E-state index in [1.165, 1.54) is 11.8 Å². The maximum Gasteiger partial charge on any atom is 0.266 e. The van der Waals surface area contributed by atoms with Crippen molar-refractivity contribution in [3.63, 3.8) is 0 Å². The van der Waals surface area contributed by atoms with Gasteiger partial charge in [0.2, 0.25) is 5.91 Å². The van der Waals surface area contributed by atoms with Crippen molar-refractivity contribution in [2.24, 2.45) is 0 Å². The largest absolute Gasteiger partial charge is 0.372 e. The van der Waals surface area contributed by atoms with E-state index >= 15 is 0 Å². The third-order valence-electron chi connectivity index (χ3n) is 5.20. The van der Waals surface area contributed by atoms with Gasteiger partial charge in [-0.25, -0.2) is 4.98 Å². The predicted octanol–water partition coefficient (Wildman–Crippen LogP) is 3.42. The number of amides is 1. The predicted molar refractivity (Wildman–Crippen MR) is 119 cm³/mol. The van der Waals surface area contributed by atoms with Gasteiger partial charge in [-0.1, -0.05) is 42.1 Å². The second-order valence-corrected chi connectivity index (χ2v) is 8.63. The number of hydrogen-bond acceptors (Lipinski definition) is 5. The van der Waals surface area contributed by atoms with Crippen molar-refractivity contribution in [1.82, 2.24) is 14.5 Å². The summed E-state index contributed by atoms with van der Waals surface area (Å²) in [6.45, 7) is 7.08. The first-order valence-electron chi connectivity index (χ1n) is 10.1. The number of carbonyl (C=O) groups excluding carboxylic acids is 1. The molecule has 0 N–H and O–H groups in total. The van der Waals surface area contributed by atoms with Crippen molar-refractivity contribution in [2.75, 3.05) is 18.8 Å². The van der Waals surface area contributed by atoms with Crippen LogP contribution in [0.4, 0.5) is 0 Å². The summed E-state index contributed by atoms with van der Waals surface area (Å²) in [5, 5.41) is 1.09. The molecule has 1 amide bonds. The Bertz CT molecular complexity index is 1130. The van der Waals surface area contributed by atoms with Crippen LogP contribution in [0, 0.1) is 6.92 Å². The number of benzene rings is 2. The molecule has 3 aromatic rings. The summed E-state index contributed by atoms with van der Waals surface area (Å²) in [7, 11) is 0. The monoisotopic (exact) mass is 423 g/mol. The van der Waals surface area contributed by atoms with E-state index in [0.717, 1.165) is 11.3 Å². The molecular weight excluding hydrogens is 398 g/mol. The van der Waals surface area contributed by atoms with Crippen LogP contribution in [0.25, 0.3) is 16.6 Å². The highest BCUT2D eigenvalue weighted by Crippen LogP contribution is 2.24. The minimum atomic E-state index is -0.126. The van der Waals surface area contributed by atoms with Gasteiger partial charge in [0.15, 0.2) is 5.16 Å². The molecule has 1 aliphatic heterocycles. The molecule has 0 radical (unpaired) electrons. The molecule has 0 bridgehead atoms. The number of aryl methyl sites for hydroxylation is 1. The molecule has 0 spiro atoms. The Morgan fingerprint density at radius 1 is 1.10 bits per heavy atom. The zero-order valence-corrected chi connectivity index (χ0v) is 18.2. The van der Waals surface area contributed by atoms with Crippen LogP contribution < -0.4 is 5.56 Å². The lowest BCUT2D eigenvalue weighted by atomic mass is 10.2. The van der Waals surface area contributed by atoms with Crippen LogP contribution in [-0.4, -0.2) is 51.4 Å². The molecule has 7 heteroatoms. The third kappa shape index (κ3) is 4.13. The highest BCUT2D eigenvalue weighted by Gasteiger charge is 2.26. The minimum absolute atomic E-state index is 0.0200. The average Bonchev–Trinajstić information content (AvgIpc) is 2.72. The summed E-state index contributed by atoms with van der Waals surface area (Å²) < 4.78 is 7.35. The fraction of sp³-hybridized carbons (Fsp3) is 0.348. The van der Waals surface area contributed by atoms with E-state index in [2.05, 4.69) is 0 Å². The molecule has 0 unspecified atom stereocenters. The second kappa shape index (κ2) is 8.62. The molecule has 1 saturated heterocycles. The summed E-state index contributed by atoms with van der Waals surface area (Å²) in [5.41, 5.74) is 2.26. The number of carbonyl (C=O) groups is 1. The Kier molecular flexibility index (Phi) is 5.92. The third-order valence-corrected chi connectivity index (χ3v) is 6.12. The summed E-state index contributed by atoms with van der Waals surface area (Å²) in [6.07, 6.45) is 0.0401. The topological polar surface area (TPSA) is 64.4 Å². The minimum Gasteiger partial charge on any atom is -0.372 e. The number of morpholine rings is 1. The first-order chi connectivity index (χ1) is 14.4. The van der Waals surface area contributed by atoms with Crippen molar-refractivity contribution in [3.05, 3.63) is 64.4 Å². The van der Waals surface area contributed by atoms with Crippen molar-refractivity contribution >= 4 is 28.6 Å². The van der Waals surface area contributed by atoms with Crippen LogP contribution in [-0.2, 0) is 9.53 Å². The summed E-state index contributed by atoms with van der Waals surface area (Å²) in [6, 6.07) is 15.0. The van der Waals surface area contributed by atoms with Crippen LogP contribution in [0.2, 0.25) is 0 Å². The number of ether oxygens (including phenoxy) is 1. The Balaban J connectivity index is 1.69. The quantitative estimate of drug-likeness (QED) is 0.475. The smallest absolute Gasteiger partial charge is 0.266 e. The second-order valence-electron chi connectivity index (χ2n) is 7.68. The number of thioether (sulfide) groups is 1. The number of fused-ring (bicyclic) bond motifs is 1. The van der Waals surface area contributed by atoms with Crippen LogP contribution in [0.5, 0.6) is 0 Å². The normalized spacial score (nSPS) is 19.2. The fourth-order valence-electron chi connectivity index (χ4n) is 3.84. The lowest BCUT2D eigenvalue weighted by molar-refractivity contribution is -0.140. The molecule has 2 heterocycles. The van der Waals surface area contributed by atoms with Gasteiger partial charge in [-0.15, -0.1) is 0 Å². The van der Waals surface area contributed by atoms with Crippen molar-refractivity contribution in [3.8, 4) is 5.69 Å². The van der Waals surface area contributed by atoms with Gasteiger partial charge in [-0.3, -0.25) is 14.2 Å². The fourth-order valence-corrected chi connectivity index (χ4v) is 4.74. The molecule has 1 aliphatic rings. The number of rotatable bonds is 4. The van der Waals surface area contributed by atoms with Crippen molar-refractivity contribution in [1.29, 1.82) is 0 Å². The Morgan fingerprint density at radius 2 is 1.77 bits per heavy atom. The van der Waals surface area contributed by atoms with E-state index in [-0.39, 0.29) is 29.4 Å². The van der Waals surface area contributed by atoms with E-state index in [4.69, 9.17) is 9.72 Å². The molecule has 1 aromatic heterocycles. The molecule has 1 fully saturated rings. The van der Waals surface area contributed by atoms with E-state index in [9.17, 15) is 9.59 Å². The van der Waals surface area contributed by atoms with Gasteiger partial charge in [0.05, 0.1) is 34.6 Å². The summed E-state index contributed by atoms with van der Waals surface area (Å²) in [5.74, 6) is 0.247. The Morgan fingerprint density at radius 3 is 2.50 bits per heavy atom. The van der Waals surface area contributed by atoms with Gasteiger partial charge in [-0.2, -0.15) is 0 Å². The van der Waals surface area contributed by atoms with Crippen LogP contribution in [0.15, 0.2) is 58.5 Å². The van der Waals surface area contributed by atoms with Gasteiger partial charge >= 0.3 is 0 Å². The van der Waals surface area contributed by atoms with Crippen LogP contribution in [0.1, 0.15) is 19.4 Å². The van der Waals surface area contributed by atoms with E-state index in [1.54, 1.807) is 10.6 Å².